The second kappa shape index (κ2) is 58.1. The Hall–Kier alpha value is -2.58. The number of carbonyl (C=O) groups is 1. The van der Waals surface area contributed by atoms with Crippen molar-refractivity contribution in [1.82, 2.24) is 5.32 Å². The molecule has 1 amide bonds. The molecule has 0 fully saturated rings. The second-order valence-corrected chi connectivity index (χ2v) is 24.1. The van der Waals surface area contributed by atoms with Crippen molar-refractivity contribution in [3.05, 3.63) is 97.2 Å². The van der Waals surface area contributed by atoms with Crippen LogP contribution in [0.4, 0.5) is 0 Å². The summed E-state index contributed by atoms with van der Waals surface area (Å²) in [6.45, 7) is 4.53. The molecule has 9 heteroatoms. The normalized spacial score (nSPS) is 14.4. The van der Waals surface area contributed by atoms with Crippen LogP contribution in [0.3, 0.4) is 0 Å². The zero-order valence-electron chi connectivity index (χ0n) is 50.9. The predicted molar refractivity (Wildman–Crippen MR) is 334 cm³/mol. The number of allylic oxidation sites excluding steroid dienone is 15. The average molecular weight is 1100 g/mol. The Bertz CT molecular complexity index is 1570. The maximum absolute atomic E-state index is 13.0. The molecule has 0 saturated carbocycles. The first-order valence-electron chi connectivity index (χ1n) is 32.1. The highest BCUT2D eigenvalue weighted by atomic mass is 31.2. The van der Waals surface area contributed by atoms with Gasteiger partial charge in [0.15, 0.2) is 0 Å². The molecule has 0 heterocycles. The summed E-state index contributed by atoms with van der Waals surface area (Å²) in [6, 6.07) is -0.907. The number of unbranched alkanes of at least 4 members (excludes halogenated alkanes) is 31. The number of carbonyl (C=O) groups excluding carboxylic acids is 1. The number of aliphatic hydroxyl groups is 1. The molecular weight excluding hydrogens is 972 g/mol. The summed E-state index contributed by atoms with van der Waals surface area (Å²) in [5.74, 6) is -0.207. The summed E-state index contributed by atoms with van der Waals surface area (Å²) in [5.41, 5.74) is 0. The van der Waals surface area contributed by atoms with Crippen molar-refractivity contribution < 1.29 is 32.9 Å². The molecule has 3 atom stereocenters. The number of likely N-dealkylation sites (N-methyl/N-ethyl adjacent to an activating group) is 1. The molecule has 0 aromatic heterocycles. The molecule has 0 spiro atoms. The predicted octanol–water partition coefficient (Wildman–Crippen LogP) is 19.5. The molecule has 2 N–H and O–H groups in total. The van der Waals surface area contributed by atoms with Crippen LogP contribution >= 0.6 is 7.82 Å². The van der Waals surface area contributed by atoms with Gasteiger partial charge in [0.25, 0.3) is 7.82 Å². The van der Waals surface area contributed by atoms with Crippen LogP contribution in [0, 0.1) is 0 Å². The van der Waals surface area contributed by atoms with Crippen LogP contribution in [0.1, 0.15) is 277 Å². The molecule has 0 bridgehead atoms. The molecular formula is C68H123N2O6P. The van der Waals surface area contributed by atoms with Gasteiger partial charge in [-0.2, -0.15) is 0 Å². The SMILES string of the molecule is CC/C=C\C/C=C\C/C=C\C/C=C\C/C=C\C/C=C\CCCCCCCCCCCCCCCCCCCCC(=O)NC(COP(=O)([O-])OCC[N+](C)(C)C)C(O)/C=C/CC/C=C/CCCCCCCCCCCCCC. The number of nitrogens with zero attached hydrogens (tertiary/aromatic N) is 1. The third-order valence-electron chi connectivity index (χ3n) is 14.0. The van der Waals surface area contributed by atoms with Gasteiger partial charge < -0.3 is 28.8 Å². The van der Waals surface area contributed by atoms with Crippen LogP contribution in [0.25, 0.3) is 0 Å². The van der Waals surface area contributed by atoms with Gasteiger partial charge in [-0.15, -0.1) is 0 Å². The summed E-state index contributed by atoms with van der Waals surface area (Å²) < 4.78 is 23.4. The summed E-state index contributed by atoms with van der Waals surface area (Å²) >= 11 is 0. The van der Waals surface area contributed by atoms with Gasteiger partial charge in [0.1, 0.15) is 13.2 Å². The Morgan fingerprint density at radius 2 is 0.805 bits per heavy atom. The Balaban J connectivity index is 4.06. The fraction of sp³-hybridized carbons (Fsp3) is 0.750. The first-order valence-corrected chi connectivity index (χ1v) is 33.6. The topological polar surface area (TPSA) is 108 Å². The van der Waals surface area contributed by atoms with Gasteiger partial charge in [-0.05, 0) is 83.5 Å². The molecule has 3 unspecified atom stereocenters. The molecule has 0 aromatic carbocycles. The number of amides is 1. The number of hydrogen-bond donors (Lipinski definition) is 2. The van der Waals surface area contributed by atoms with E-state index in [0.29, 0.717) is 17.4 Å². The van der Waals surface area contributed by atoms with Crippen molar-refractivity contribution >= 4 is 13.7 Å². The first-order chi connectivity index (χ1) is 37.5. The zero-order chi connectivity index (χ0) is 56.3. The van der Waals surface area contributed by atoms with Crippen LogP contribution in [0.2, 0.25) is 0 Å². The highest BCUT2D eigenvalue weighted by molar-refractivity contribution is 7.45. The fourth-order valence-corrected chi connectivity index (χ4v) is 9.78. The third-order valence-corrected chi connectivity index (χ3v) is 15.0. The fourth-order valence-electron chi connectivity index (χ4n) is 9.06. The van der Waals surface area contributed by atoms with E-state index in [4.69, 9.17) is 9.05 Å². The number of quaternary nitrogens is 1. The van der Waals surface area contributed by atoms with Crippen LogP contribution in [0.15, 0.2) is 97.2 Å². The van der Waals surface area contributed by atoms with Crippen molar-refractivity contribution in [2.45, 2.75) is 289 Å². The number of nitrogens with one attached hydrogen (secondary N) is 1. The van der Waals surface area contributed by atoms with Gasteiger partial charge in [0.05, 0.1) is 39.9 Å². The number of rotatable bonds is 58. The summed E-state index contributed by atoms with van der Waals surface area (Å²) in [7, 11) is 1.24. The highest BCUT2D eigenvalue weighted by Crippen LogP contribution is 2.38. The lowest BCUT2D eigenvalue weighted by Crippen LogP contribution is -2.45. The lowest BCUT2D eigenvalue weighted by atomic mass is 10.0. The second-order valence-electron chi connectivity index (χ2n) is 22.7. The van der Waals surface area contributed by atoms with Crippen LogP contribution < -0.4 is 10.2 Å². The van der Waals surface area contributed by atoms with Crippen molar-refractivity contribution in [2.24, 2.45) is 0 Å². The monoisotopic (exact) mass is 1090 g/mol. The summed E-state index contributed by atoms with van der Waals surface area (Å²) in [6.07, 6.45) is 83.7. The Kier molecular flexibility index (Phi) is 56.1. The maximum Gasteiger partial charge on any atom is 0.268 e. The standard InChI is InChI=1S/C68H123N2O6P/c1-6-8-10-12-14-16-18-20-22-24-26-27-28-29-30-31-32-33-34-35-36-37-38-39-40-41-42-43-44-46-48-50-52-54-56-58-60-62-68(72)69-66(65-76-77(73,74)75-64-63-70(3,4)5)67(71)61-59-57-55-53-51-49-47-45-25-23-21-19-17-15-13-11-9-7-2/h8,10,14,16,20,22,26-27,29-30,32-33,51,53,59,61,66-67,71H,6-7,9,11-13,15,17-19,21,23-25,28,31,34-50,52,54-58,60,62-65H2,1-5H3,(H-,69,72,73,74)/b10-8-,16-14-,22-20-,27-26-,30-29-,33-32-,53-51+,61-59+. The molecule has 8 nitrogen and oxygen atoms in total. The lowest BCUT2D eigenvalue weighted by molar-refractivity contribution is -0.870. The van der Waals surface area contributed by atoms with E-state index >= 15 is 0 Å². The van der Waals surface area contributed by atoms with E-state index < -0.39 is 26.6 Å². The van der Waals surface area contributed by atoms with E-state index in [-0.39, 0.29) is 12.5 Å². The minimum atomic E-state index is -4.61. The average Bonchev–Trinajstić information content (AvgIpc) is 3.39. The van der Waals surface area contributed by atoms with Gasteiger partial charge in [0.2, 0.25) is 5.91 Å². The van der Waals surface area contributed by atoms with Gasteiger partial charge in [0, 0.05) is 6.42 Å². The minimum Gasteiger partial charge on any atom is -0.756 e. The summed E-state index contributed by atoms with van der Waals surface area (Å²) in [4.78, 5) is 25.5. The number of hydrogen-bond acceptors (Lipinski definition) is 6. The lowest BCUT2D eigenvalue weighted by Gasteiger charge is -2.29. The molecule has 0 rings (SSSR count). The maximum atomic E-state index is 13.0. The molecule has 0 saturated heterocycles. The van der Waals surface area contributed by atoms with Gasteiger partial charge >= 0.3 is 0 Å². The van der Waals surface area contributed by atoms with Crippen LogP contribution in [-0.4, -0.2) is 68.5 Å². The quantitative estimate of drug-likeness (QED) is 0.0272. The molecule has 0 aliphatic heterocycles. The largest absolute Gasteiger partial charge is 0.756 e. The number of phosphoric ester groups is 1. The molecule has 77 heavy (non-hydrogen) atoms. The smallest absolute Gasteiger partial charge is 0.268 e. The Labute approximate surface area is 477 Å². The van der Waals surface area contributed by atoms with E-state index in [2.05, 4.69) is 104 Å². The number of phosphoric acid groups is 1. The molecule has 0 radical (unpaired) electrons. The molecule has 0 aliphatic carbocycles. The van der Waals surface area contributed by atoms with E-state index in [9.17, 15) is 19.4 Å². The summed E-state index contributed by atoms with van der Waals surface area (Å²) in [5, 5.41) is 13.9. The Morgan fingerprint density at radius 3 is 1.21 bits per heavy atom. The Morgan fingerprint density at radius 1 is 0.468 bits per heavy atom. The van der Waals surface area contributed by atoms with Gasteiger partial charge in [-0.1, -0.05) is 284 Å². The van der Waals surface area contributed by atoms with Crippen LogP contribution in [-0.2, 0) is 18.4 Å². The molecule has 0 aliphatic rings. The van der Waals surface area contributed by atoms with Crippen LogP contribution in [0.5, 0.6) is 0 Å². The van der Waals surface area contributed by atoms with Gasteiger partial charge in [-0.25, -0.2) is 0 Å². The van der Waals surface area contributed by atoms with Crippen molar-refractivity contribution in [1.29, 1.82) is 0 Å². The van der Waals surface area contributed by atoms with E-state index in [1.165, 1.54) is 180 Å². The van der Waals surface area contributed by atoms with E-state index in [1.807, 2.05) is 27.2 Å². The van der Waals surface area contributed by atoms with Crippen molar-refractivity contribution in [3.8, 4) is 0 Å². The molecule has 446 valence electrons. The van der Waals surface area contributed by atoms with Crippen molar-refractivity contribution in [3.63, 3.8) is 0 Å². The van der Waals surface area contributed by atoms with E-state index in [0.717, 1.165) is 77.0 Å². The highest BCUT2D eigenvalue weighted by Gasteiger charge is 2.23. The van der Waals surface area contributed by atoms with Crippen molar-refractivity contribution in [2.75, 3.05) is 40.9 Å². The van der Waals surface area contributed by atoms with Gasteiger partial charge in [-0.3, -0.25) is 9.36 Å². The number of aliphatic hydroxyl groups excluding tert-OH is 1. The third kappa shape index (κ3) is 60.9. The van der Waals surface area contributed by atoms with E-state index in [1.54, 1.807) is 6.08 Å². The molecule has 0 aromatic rings. The first kappa shape index (κ1) is 74.4. The minimum absolute atomic E-state index is 0.00827. The zero-order valence-corrected chi connectivity index (χ0v) is 51.8.